The molecule has 1 aromatic carbocycles. The minimum Gasteiger partial charge on any atom is -0.332 e. The Labute approximate surface area is 135 Å². The highest BCUT2D eigenvalue weighted by atomic mass is 32.1. The molecule has 0 aliphatic rings. The average Bonchev–Trinajstić information content (AvgIpc) is 3.09. The summed E-state index contributed by atoms with van der Waals surface area (Å²) in [6.07, 6.45) is 1.96. The largest absolute Gasteiger partial charge is 0.332 e. The maximum absolute atomic E-state index is 11.3. The number of hydrogen-bond acceptors (Lipinski definition) is 6. The molecule has 0 aliphatic heterocycles. The molecule has 112 valence electrons. The maximum atomic E-state index is 11.3. The van der Waals surface area contributed by atoms with Crippen LogP contribution in [0.15, 0.2) is 30.6 Å². The highest BCUT2D eigenvalue weighted by Gasteiger charge is 2.08. The smallest absolute Gasteiger partial charge is 0.234 e. The lowest BCUT2D eigenvalue weighted by Gasteiger charge is -2.08. The van der Waals surface area contributed by atoms with Gasteiger partial charge in [-0.15, -0.1) is 10.2 Å². The first-order chi connectivity index (χ1) is 10.7. The fourth-order valence-corrected chi connectivity index (χ4v) is 2.81. The minimum atomic E-state index is -0.117. The van der Waals surface area contributed by atoms with E-state index in [0.29, 0.717) is 11.5 Å². The van der Waals surface area contributed by atoms with E-state index in [1.165, 1.54) is 11.3 Å². The van der Waals surface area contributed by atoms with Crippen molar-refractivity contribution in [2.45, 2.75) is 13.3 Å². The van der Waals surface area contributed by atoms with Gasteiger partial charge in [0.15, 0.2) is 5.11 Å². The Hall–Kier alpha value is -2.39. The molecule has 3 rings (SSSR count). The highest BCUT2D eigenvalue weighted by molar-refractivity contribution is 7.80. The molecule has 0 aliphatic carbocycles. The number of benzene rings is 1. The van der Waals surface area contributed by atoms with E-state index >= 15 is 0 Å². The molecule has 0 atom stereocenters. The summed E-state index contributed by atoms with van der Waals surface area (Å²) in [4.78, 5) is 12.0. The van der Waals surface area contributed by atoms with Crippen molar-refractivity contribution in [1.82, 2.24) is 25.1 Å². The van der Waals surface area contributed by atoms with Gasteiger partial charge in [-0.2, -0.15) is 9.61 Å². The fraction of sp³-hybridized carbons (Fsp3) is 0.154. The molecular formula is C13H12N6OS2. The van der Waals surface area contributed by atoms with Gasteiger partial charge in [-0.25, -0.2) is 0 Å². The van der Waals surface area contributed by atoms with Crippen LogP contribution in [0.25, 0.3) is 15.5 Å². The summed E-state index contributed by atoms with van der Waals surface area (Å²) in [5.41, 5.74) is 1.78. The number of nitrogens with one attached hydrogen (secondary N) is 2. The predicted octanol–water partition coefficient (Wildman–Crippen LogP) is 2.08. The van der Waals surface area contributed by atoms with Gasteiger partial charge in [0.25, 0.3) is 0 Å². The number of amides is 1. The van der Waals surface area contributed by atoms with Crippen LogP contribution in [0, 0.1) is 0 Å². The molecule has 0 saturated heterocycles. The third kappa shape index (κ3) is 3.10. The van der Waals surface area contributed by atoms with Crippen LogP contribution >= 0.6 is 23.6 Å². The monoisotopic (exact) mass is 332 g/mol. The van der Waals surface area contributed by atoms with E-state index in [0.717, 1.165) is 21.2 Å². The molecule has 22 heavy (non-hydrogen) atoms. The van der Waals surface area contributed by atoms with Gasteiger partial charge >= 0.3 is 0 Å². The number of fused-ring (bicyclic) bond motifs is 1. The van der Waals surface area contributed by atoms with Gasteiger partial charge < -0.3 is 10.6 Å². The number of rotatable bonds is 3. The van der Waals surface area contributed by atoms with Crippen molar-refractivity contribution in [3.8, 4) is 10.6 Å². The van der Waals surface area contributed by atoms with E-state index in [1.54, 1.807) is 17.8 Å². The van der Waals surface area contributed by atoms with Crippen molar-refractivity contribution in [3.05, 3.63) is 30.6 Å². The maximum Gasteiger partial charge on any atom is 0.234 e. The van der Waals surface area contributed by atoms with Crippen molar-refractivity contribution in [2.75, 3.05) is 5.32 Å². The zero-order chi connectivity index (χ0) is 15.5. The Balaban J connectivity index is 1.71. The summed E-state index contributed by atoms with van der Waals surface area (Å²) < 4.78 is 1.64. The van der Waals surface area contributed by atoms with Crippen LogP contribution < -0.4 is 10.6 Å². The third-order valence-electron chi connectivity index (χ3n) is 2.85. The lowest BCUT2D eigenvalue weighted by Crippen LogP contribution is -2.33. The fourth-order valence-electron chi connectivity index (χ4n) is 1.75. The van der Waals surface area contributed by atoms with Gasteiger partial charge in [0.05, 0.1) is 0 Å². The first-order valence-corrected chi connectivity index (χ1v) is 7.76. The average molecular weight is 332 g/mol. The minimum absolute atomic E-state index is 0.117. The standard InChI is InChI=1S/C13H12N6OS2/c1-2-10(20)16-12(21)15-9-5-3-8(4-6-9)11-18-19-7-14-17-13(19)22-11/h3-7H,2H2,1H3,(H2,15,16,20,21). The molecule has 7 nitrogen and oxygen atoms in total. The first-order valence-electron chi connectivity index (χ1n) is 6.54. The molecule has 0 fully saturated rings. The Morgan fingerprint density at radius 3 is 2.82 bits per heavy atom. The van der Waals surface area contributed by atoms with Crippen LogP contribution in [0.5, 0.6) is 0 Å². The molecular weight excluding hydrogens is 320 g/mol. The number of carbonyl (C=O) groups is 1. The van der Waals surface area contributed by atoms with Crippen LogP contribution in [0.2, 0.25) is 0 Å². The van der Waals surface area contributed by atoms with E-state index in [1.807, 2.05) is 24.3 Å². The molecule has 0 spiro atoms. The molecule has 0 saturated carbocycles. The highest BCUT2D eigenvalue weighted by Crippen LogP contribution is 2.25. The Bertz CT molecular complexity index is 794. The second-order valence-electron chi connectivity index (χ2n) is 4.40. The van der Waals surface area contributed by atoms with Gasteiger partial charge in [0.2, 0.25) is 10.9 Å². The summed E-state index contributed by atoms with van der Waals surface area (Å²) in [5, 5.41) is 18.8. The molecule has 0 bridgehead atoms. The Morgan fingerprint density at radius 1 is 1.36 bits per heavy atom. The van der Waals surface area contributed by atoms with Crippen LogP contribution in [0.4, 0.5) is 5.69 Å². The van der Waals surface area contributed by atoms with E-state index in [4.69, 9.17) is 12.2 Å². The molecule has 2 N–H and O–H groups in total. The van der Waals surface area contributed by atoms with Crippen LogP contribution in [0.3, 0.4) is 0 Å². The van der Waals surface area contributed by atoms with Crippen molar-refractivity contribution in [2.24, 2.45) is 0 Å². The SMILES string of the molecule is CCC(=O)NC(=S)Nc1ccc(-c2nn3cnnc3s2)cc1. The normalized spacial score (nSPS) is 10.6. The predicted molar refractivity (Wildman–Crippen MR) is 88.7 cm³/mol. The molecule has 3 aromatic rings. The van der Waals surface area contributed by atoms with Crippen LogP contribution in [-0.2, 0) is 4.79 Å². The zero-order valence-electron chi connectivity index (χ0n) is 11.6. The van der Waals surface area contributed by atoms with Gasteiger partial charge in [0, 0.05) is 17.7 Å². The van der Waals surface area contributed by atoms with Gasteiger partial charge in [0.1, 0.15) is 11.3 Å². The third-order valence-corrected chi connectivity index (χ3v) is 4.02. The van der Waals surface area contributed by atoms with E-state index in [-0.39, 0.29) is 5.91 Å². The molecule has 0 radical (unpaired) electrons. The quantitative estimate of drug-likeness (QED) is 0.714. The molecule has 1 amide bonds. The topological polar surface area (TPSA) is 84.2 Å². The molecule has 2 heterocycles. The van der Waals surface area contributed by atoms with E-state index in [9.17, 15) is 4.79 Å². The molecule has 2 aromatic heterocycles. The van der Waals surface area contributed by atoms with Crippen molar-refractivity contribution in [3.63, 3.8) is 0 Å². The second-order valence-corrected chi connectivity index (χ2v) is 5.76. The molecule has 9 heteroatoms. The van der Waals surface area contributed by atoms with Gasteiger partial charge in [-0.1, -0.05) is 18.3 Å². The van der Waals surface area contributed by atoms with Crippen LogP contribution in [0.1, 0.15) is 13.3 Å². The van der Waals surface area contributed by atoms with E-state index < -0.39 is 0 Å². The van der Waals surface area contributed by atoms with Crippen LogP contribution in [-0.4, -0.2) is 30.8 Å². The Kier molecular flexibility index (Phi) is 4.07. The second kappa shape index (κ2) is 6.16. The van der Waals surface area contributed by atoms with E-state index in [2.05, 4.69) is 25.9 Å². The first kappa shape index (κ1) is 14.5. The van der Waals surface area contributed by atoms with Crippen molar-refractivity contribution < 1.29 is 4.79 Å². The molecule has 0 unspecified atom stereocenters. The number of aromatic nitrogens is 4. The summed E-state index contributed by atoms with van der Waals surface area (Å²) in [6, 6.07) is 7.61. The summed E-state index contributed by atoms with van der Waals surface area (Å²) in [5.74, 6) is -0.117. The number of nitrogens with zero attached hydrogens (tertiary/aromatic N) is 4. The summed E-state index contributed by atoms with van der Waals surface area (Å²) in [6.45, 7) is 1.77. The Morgan fingerprint density at radius 2 is 2.14 bits per heavy atom. The lowest BCUT2D eigenvalue weighted by atomic mass is 10.2. The zero-order valence-corrected chi connectivity index (χ0v) is 13.2. The van der Waals surface area contributed by atoms with Crippen molar-refractivity contribution in [1.29, 1.82) is 0 Å². The number of carbonyl (C=O) groups excluding carboxylic acids is 1. The lowest BCUT2D eigenvalue weighted by molar-refractivity contribution is -0.119. The number of thiocarbonyl (C=S) groups is 1. The number of hydrogen-bond donors (Lipinski definition) is 2. The summed E-state index contributed by atoms with van der Waals surface area (Å²) in [7, 11) is 0. The van der Waals surface area contributed by atoms with Crippen molar-refractivity contribution >= 4 is 45.2 Å². The van der Waals surface area contributed by atoms with Gasteiger partial charge in [-0.05, 0) is 36.5 Å². The summed E-state index contributed by atoms with van der Waals surface area (Å²) >= 11 is 6.53. The van der Waals surface area contributed by atoms with Gasteiger partial charge in [-0.3, -0.25) is 4.79 Å². The number of anilines is 1.